The number of carbonyl (C=O) groups excluding carboxylic acids is 2. The van der Waals surface area contributed by atoms with Gasteiger partial charge in [0.15, 0.2) is 0 Å². The molecule has 1 atom stereocenters. The molecular weight excluding hydrogens is 356 g/mol. The molecule has 0 aliphatic heterocycles. The second-order valence-corrected chi connectivity index (χ2v) is 6.96. The normalized spacial score (nSPS) is 16.4. The number of nitrogens with one attached hydrogen (secondary N) is 2. The highest BCUT2D eigenvalue weighted by molar-refractivity contribution is 5.92. The van der Waals surface area contributed by atoms with E-state index in [2.05, 4.69) is 10.6 Å². The van der Waals surface area contributed by atoms with Gasteiger partial charge < -0.3 is 19.5 Å². The van der Waals surface area contributed by atoms with Crippen molar-refractivity contribution in [1.29, 1.82) is 0 Å². The van der Waals surface area contributed by atoms with Gasteiger partial charge in [0.1, 0.15) is 11.5 Å². The number of hydrogen-bond donors (Lipinski definition) is 2. The fourth-order valence-electron chi connectivity index (χ4n) is 3.46. The second kappa shape index (κ2) is 10.3. The highest BCUT2D eigenvalue weighted by Crippen LogP contribution is 2.26. The molecule has 0 saturated heterocycles. The van der Waals surface area contributed by atoms with Crippen LogP contribution in [0.25, 0.3) is 12.2 Å². The summed E-state index contributed by atoms with van der Waals surface area (Å²) in [6.45, 7) is 0.395. The molecule has 1 aliphatic rings. The lowest BCUT2D eigenvalue weighted by atomic mass is 9.83. The van der Waals surface area contributed by atoms with Crippen molar-refractivity contribution in [1.82, 2.24) is 10.6 Å². The third-order valence-electron chi connectivity index (χ3n) is 4.93. The van der Waals surface area contributed by atoms with Crippen molar-refractivity contribution in [2.24, 2.45) is 5.92 Å². The van der Waals surface area contributed by atoms with Crippen LogP contribution in [0, 0.1) is 5.92 Å². The first-order chi connectivity index (χ1) is 13.7. The molecule has 6 nitrogen and oxygen atoms in total. The predicted molar refractivity (Wildman–Crippen MR) is 107 cm³/mol. The van der Waals surface area contributed by atoms with Gasteiger partial charge in [-0.1, -0.05) is 19.3 Å². The molecule has 1 aliphatic carbocycles. The lowest BCUT2D eigenvalue weighted by Gasteiger charge is -2.30. The van der Waals surface area contributed by atoms with E-state index < -0.39 is 0 Å². The number of rotatable bonds is 8. The average molecular weight is 382 g/mol. The van der Waals surface area contributed by atoms with Gasteiger partial charge in [-0.15, -0.1) is 0 Å². The van der Waals surface area contributed by atoms with Crippen molar-refractivity contribution in [2.75, 3.05) is 6.54 Å². The van der Waals surface area contributed by atoms with E-state index in [-0.39, 0.29) is 17.9 Å². The van der Waals surface area contributed by atoms with Crippen molar-refractivity contribution >= 4 is 24.0 Å². The summed E-state index contributed by atoms with van der Waals surface area (Å²) in [5.41, 5.74) is 0. The summed E-state index contributed by atoms with van der Waals surface area (Å²) < 4.78 is 10.4. The second-order valence-electron chi connectivity index (χ2n) is 6.96. The summed E-state index contributed by atoms with van der Waals surface area (Å²) >= 11 is 0. The van der Waals surface area contributed by atoms with E-state index in [1.54, 1.807) is 48.9 Å². The van der Waals surface area contributed by atoms with Crippen molar-refractivity contribution < 1.29 is 18.4 Å². The molecule has 0 radical (unpaired) electrons. The van der Waals surface area contributed by atoms with Gasteiger partial charge in [0.25, 0.3) is 0 Å². The lowest BCUT2D eigenvalue weighted by Crippen LogP contribution is -2.47. The van der Waals surface area contributed by atoms with Gasteiger partial charge in [-0.05, 0) is 55.2 Å². The summed E-state index contributed by atoms with van der Waals surface area (Å²) in [6, 6.07) is 7.00. The van der Waals surface area contributed by atoms with Crippen molar-refractivity contribution in [3.05, 3.63) is 60.5 Å². The molecule has 0 spiro atoms. The van der Waals surface area contributed by atoms with Crippen LogP contribution < -0.4 is 10.6 Å². The van der Waals surface area contributed by atoms with Crippen LogP contribution in [0.2, 0.25) is 0 Å². The Bertz CT molecular complexity index is 785. The zero-order chi connectivity index (χ0) is 19.6. The third kappa shape index (κ3) is 6.30. The van der Waals surface area contributed by atoms with E-state index in [1.165, 1.54) is 18.6 Å². The first-order valence-electron chi connectivity index (χ1n) is 9.72. The molecule has 1 saturated carbocycles. The molecule has 28 heavy (non-hydrogen) atoms. The highest BCUT2D eigenvalue weighted by Gasteiger charge is 2.24. The van der Waals surface area contributed by atoms with E-state index in [1.807, 2.05) is 0 Å². The zero-order valence-electron chi connectivity index (χ0n) is 15.8. The maximum Gasteiger partial charge on any atom is 0.244 e. The van der Waals surface area contributed by atoms with Crippen molar-refractivity contribution in [3.8, 4) is 0 Å². The molecular formula is C22H26N2O4. The molecule has 6 heteroatoms. The molecule has 148 valence electrons. The number of hydrogen-bond acceptors (Lipinski definition) is 4. The first kappa shape index (κ1) is 19.7. The lowest BCUT2D eigenvalue weighted by molar-refractivity contribution is -0.119. The molecule has 3 rings (SSSR count). The number of furan rings is 2. The number of amides is 2. The summed E-state index contributed by atoms with van der Waals surface area (Å²) in [5, 5.41) is 5.94. The molecule has 1 unspecified atom stereocenters. The van der Waals surface area contributed by atoms with Crippen LogP contribution in [-0.4, -0.2) is 24.4 Å². The minimum absolute atomic E-state index is 0.102. The minimum atomic E-state index is -0.211. The Kier molecular flexibility index (Phi) is 7.29. The van der Waals surface area contributed by atoms with Gasteiger partial charge in [-0.3, -0.25) is 9.59 Å². The highest BCUT2D eigenvalue weighted by atomic mass is 16.3. The van der Waals surface area contributed by atoms with Gasteiger partial charge in [0.05, 0.1) is 12.5 Å². The van der Waals surface area contributed by atoms with Crippen LogP contribution in [0.1, 0.15) is 43.6 Å². The van der Waals surface area contributed by atoms with Crippen LogP contribution in [0.3, 0.4) is 0 Å². The average Bonchev–Trinajstić information content (AvgIpc) is 3.42. The van der Waals surface area contributed by atoms with E-state index in [0.717, 1.165) is 25.7 Å². The summed E-state index contributed by atoms with van der Waals surface area (Å²) in [5.74, 6) is 1.21. The first-order valence-corrected chi connectivity index (χ1v) is 9.72. The van der Waals surface area contributed by atoms with Gasteiger partial charge in [0.2, 0.25) is 11.8 Å². The SMILES string of the molecule is O=C(C=Cc1ccco1)NCC(NC(=O)C=Cc1ccco1)C1CCCCC1. The Hall–Kier alpha value is -3.02. The monoisotopic (exact) mass is 382 g/mol. The van der Waals surface area contributed by atoms with Gasteiger partial charge in [0, 0.05) is 24.7 Å². The van der Waals surface area contributed by atoms with Crippen LogP contribution in [0.4, 0.5) is 0 Å². The minimum Gasteiger partial charge on any atom is -0.465 e. The Morgan fingerprint density at radius 3 is 2.14 bits per heavy atom. The van der Waals surface area contributed by atoms with E-state index >= 15 is 0 Å². The van der Waals surface area contributed by atoms with Gasteiger partial charge in [-0.2, -0.15) is 0 Å². The van der Waals surface area contributed by atoms with Gasteiger partial charge >= 0.3 is 0 Å². The topological polar surface area (TPSA) is 84.5 Å². The molecule has 0 bridgehead atoms. The van der Waals surface area contributed by atoms with Gasteiger partial charge in [-0.25, -0.2) is 0 Å². The molecule has 2 aromatic heterocycles. The Labute approximate surface area is 164 Å². The Morgan fingerprint density at radius 2 is 1.57 bits per heavy atom. The third-order valence-corrected chi connectivity index (χ3v) is 4.93. The van der Waals surface area contributed by atoms with E-state index in [4.69, 9.17) is 8.83 Å². The fourth-order valence-corrected chi connectivity index (χ4v) is 3.46. The van der Waals surface area contributed by atoms with Crippen LogP contribution in [0.5, 0.6) is 0 Å². The largest absolute Gasteiger partial charge is 0.465 e. The van der Waals surface area contributed by atoms with Crippen molar-refractivity contribution in [3.63, 3.8) is 0 Å². The van der Waals surface area contributed by atoms with Crippen LogP contribution in [-0.2, 0) is 9.59 Å². The smallest absolute Gasteiger partial charge is 0.244 e. The molecule has 0 aromatic carbocycles. The van der Waals surface area contributed by atoms with Crippen molar-refractivity contribution in [2.45, 2.75) is 38.1 Å². The standard InChI is InChI=1S/C22H26N2O4/c25-21(12-10-18-8-4-14-27-18)23-16-20(17-6-2-1-3-7-17)24-22(26)13-11-19-9-5-15-28-19/h4-5,8-15,17,20H,1-3,6-7,16H2,(H,23,25)(H,24,26). The van der Waals surface area contributed by atoms with E-state index in [0.29, 0.717) is 24.0 Å². The molecule has 2 N–H and O–H groups in total. The number of carbonyl (C=O) groups is 2. The summed E-state index contributed by atoms with van der Waals surface area (Å²) in [4.78, 5) is 24.5. The summed E-state index contributed by atoms with van der Waals surface area (Å²) in [7, 11) is 0. The molecule has 2 heterocycles. The quantitative estimate of drug-likeness (QED) is 0.681. The Morgan fingerprint density at radius 1 is 0.964 bits per heavy atom. The maximum absolute atomic E-state index is 12.3. The van der Waals surface area contributed by atoms with Crippen LogP contribution in [0.15, 0.2) is 57.8 Å². The predicted octanol–water partition coefficient (Wildman–Crippen LogP) is 3.78. The maximum atomic E-state index is 12.3. The zero-order valence-corrected chi connectivity index (χ0v) is 15.8. The molecule has 2 amide bonds. The fraction of sp³-hybridized carbons (Fsp3) is 0.364. The molecule has 2 aromatic rings. The van der Waals surface area contributed by atoms with Crippen LogP contribution >= 0.6 is 0 Å². The Balaban J connectivity index is 1.55. The summed E-state index contributed by atoms with van der Waals surface area (Å²) in [6.07, 6.45) is 15.0. The molecule has 1 fully saturated rings. The van der Waals surface area contributed by atoms with E-state index in [9.17, 15) is 9.59 Å².